The number of rotatable bonds is 5. The van der Waals surface area contributed by atoms with Crippen LogP contribution in [0.4, 0.5) is 23.2 Å². The van der Waals surface area contributed by atoms with Crippen molar-refractivity contribution in [2.45, 2.75) is 13.1 Å². The van der Waals surface area contributed by atoms with E-state index in [2.05, 4.69) is 10.6 Å². The first-order chi connectivity index (χ1) is 7.95. The SMILES string of the molecule is CCNCCNc1ccc(F)cc1C(F)(F)F. The van der Waals surface area contributed by atoms with E-state index < -0.39 is 17.6 Å². The van der Waals surface area contributed by atoms with E-state index in [1.54, 1.807) is 0 Å². The Hall–Kier alpha value is -1.30. The third kappa shape index (κ3) is 4.22. The van der Waals surface area contributed by atoms with E-state index in [0.29, 0.717) is 19.2 Å². The minimum Gasteiger partial charge on any atom is -0.383 e. The molecular weight excluding hydrogens is 236 g/mol. The molecule has 0 heterocycles. The number of hydrogen-bond donors (Lipinski definition) is 2. The number of alkyl halides is 3. The average molecular weight is 250 g/mol. The quantitative estimate of drug-likeness (QED) is 0.620. The normalized spacial score (nSPS) is 11.6. The Kier molecular flexibility index (Phi) is 4.74. The Morgan fingerprint density at radius 3 is 2.47 bits per heavy atom. The third-order valence-electron chi connectivity index (χ3n) is 2.15. The summed E-state index contributed by atoms with van der Waals surface area (Å²) in [4.78, 5) is 0. The van der Waals surface area contributed by atoms with E-state index in [0.717, 1.165) is 18.7 Å². The molecule has 0 aliphatic carbocycles. The third-order valence-corrected chi connectivity index (χ3v) is 2.15. The van der Waals surface area contributed by atoms with Gasteiger partial charge in [0.05, 0.1) is 5.56 Å². The van der Waals surface area contributed by atoms with Gasteiger partial charge in [-0.2, -0.15) is 13.2 Å². The highest BCUT2D eigenvalue weighted by molar-refractivity contribution is 5.52. The Balaban J connectivity index is 2.77. The molecule has 0 atom stereocenters. The van der Waals surface area contributed by atoms with Crippen molar-refractivity contribution in [3.63, 3.8) is 0 Å². The van der Waals surface area contributed by atoms with Crippen molar-refractivity contribution in [2.75, 3.05) is 25.0 Å². The molecule has 0 aliphatic heterocycles. The average Bonchev–Trinajstić information content (AvgIpc) is 2.25. The summed E-state index contributed by atoms with van der Waals surface area (Å²) in [5.74, 6) is -0.894. The standard InChI is InChI=1S/C11H14F4N2/c1-2-16-5-6-17-10-4-3-8(12)7-9(10)11(13,14)15/h3-4,7,16-17H,2,5-6H2,1H3. The number of halogens is 4. The summed E-state index contributed by atoms with van der Waals surface area (Å²) in [5.41, 5.74) is -1.08. The van der Waals surface area contributed by atoms with Crippen molar-refractivity contribution in [3.8, 4) is 0 Å². The molecule has 0 radical (unpaired) electrons. The summed E-state index contributed by atoms with van der Waals surface area (Å²) < 4.78 is 50.5. The molecule has 1 rings (SSSR count). The molecule has 0 bridgehead atoms. The van der Waals surface area contributed by atoms with Crippen molar-refractivity contribution in [2.24, 2.45) is 0 Å². The van der Waals surface area contributed by atoms with Gasteiger partial charge >= 0.3 is 6.18 Å². The number of likely N-dealkylation sites (N-methyl/N-ethyl adjacent to an activating group) is 1. The lowest BCUT2D eigenvalue weighted by molar-refractivity contribution is -0.137. The molecule has 2 N–H and O–H groups in total. The number of benzene rings is 1. The van der Waals surface area contributed by atoms with Crippen molar-refractivity contribution >= 4 is 5.69 Å². The largest absolute Gasteiger partial charge is 0.418 e. The second kappa shape index (κ2) is 5.86. The van der Waals surface area contributed by atoms with Crippen LogP contribution in [0.25, 0.3) is 0 Å². The van der Waals surface area contributed by atoms with Gasteiger partial charge in [0.15, 0.2) is 0 Å². The van der Waals surface area contributed by atoms with Crippen LogP contribution in [0.15, 0.2) is 18.2 Å². The van der Waals surface area contributed by atoms with E-state index in [9.17, 15) is 17.6 Å². The topological polar surface area (TPSA) is 24.1 Å². The van der Waals surface area contributed by atoms with E-state index in [4.69, 9.17) is 0 Å². The minimum atomic E-state index is -4.55. The highest BCUT2D eigenvalue weighted by Gasteiger charge is 2.33. The van der Waals surface area contributed by atoms with Gasteiger partial charge in [0, 0.05) is 18.8 Å². The van der Waals surface area contributed by atoms with Crippen molar-refractivity contribution in [1.82, 2.24) is 5.32 Å². The van der Waals surface area contributed by atoms with Gasteiger partial charge in [-0.15, -0.1) is 0 Å². The Labute approximate surface area is 97.0 Å². The van der Waals surface area contributed by atoms with Gasteiger partial charge in [0.2, 0.25) is 0 Å². The Morgan fingerprint density at radius 2 is 1.88 bits per heavy atom. The molecule has 1 aromatic rings. The highest BCUT2D eigenvalue weighted by atomic mass is 19.4. The molecule has 96 valence electrons. The fraction of sp³-hybridized carbons (Fsp3) is 0.455. The highest BCUT2D eigenvalue weighted by Crippen LogP contribution is 2.35. The van der Waals surface area contributed by atoms with Crippen molar-refractivity contribution in [3.05, 3.63) is 29.6 Å². The molecule has 0 spiro atoms. The van der Waals surface area contributed by atoms with Gasteiger partial charge in [-0.1, -0.05) is 6.92 Å². The lowest BCUT2D eigenvalue weighted by Crippen LogP contribution is -2.22. The maximum atomic E-state index is 12.8. The van der Waals surface area contributed by atoms with Crippen LogP contribution in [-0.2, 0) is 6.18 Å². The van der Waals surface area contributed by atoms with Crippen LogP contribution >= 0.6 is 0 Å². The first-order valence-electron chi connectivity index (χ1n) is 5.26. The van der Waals surface area contributed by atoms with Gasteiger partial charge in [0.1, 0.15) is 5.82 Å². The lowest BCUT2D eigenvalue weighted by atomic mass is 10.1. The molecule has 0 aromatic heterocycles. The molecule has 17 heavy (non-hydrogen) atoms. The predicted molar refractivity (Wildman–Crippen MR) is 58.4 cm³/mol. The second-order valence-corrected chi connectivity index (χ2v) is 3.47. The zero-order chi connectivity index (χ0) is 12.9. The van der Waals surface area contributed by atoms with Crippen LogP contribution in [0.3, 0.4) is 0 Å². The molecule has 0 saturated heterocycles. The summed E-state index contributed by atoms with van der Waals surface area (Å²) in [6.07, 6.45) is -4.55. The molecule has 1 aromatic carbocycles. The molecule has 0 unspecified atom stereocenters. The fourth-order valence-electron chi connectivity index (χ4n) is 1.37. The Morgan fingerprint density at radius 1 is 1.18 bits per heavy atom. The van der Waals surface area contributed by atoms with E-state index in [1.165, 1.54) is 0 Å². The fourth-order valence-corrected chi connectivity index (χ4v) is 1.37. The molecule has 0 saturated carbocycles. The second-order valence-electron chi connectivity index (χ2n) is 3.47. The summed E-state index contributed by atoms with van der Waals surface area (Å²) >= 11 is 0. The molecule has 6 heteroatoms. The van der Waals surface area contributed by atoms with Crippen LogP contribution < -0.4 is 10.6 Å². The van der Waals surface area contributed by atoms with Crippen LogP contribution in [0.2, 0.25) is 0 Å². The maximum Gasteiger partial charge on any atom is 0.418 e. The van der Waals surface area contributed by atoms with Crippen LogP contribution in [-0.4, -0.2) is 19.6 Å². The first kappa shape index (κ1) is 13.8. The van der Waals surface area contributed by atoms with Crippen LogP contribution in [0.1, 0.15) is 12.5 Å². The zero-order valence-electron chi connectivity index (χ0n) is 9.37. The van der Waals surface area contributed by atoms with Crippen molar-refractivity contribution < 1.29 is 17.6 Å². The summed E-state index contributed by atoms with van der Waals surface area (Å²) in [5, 5.41) is 5.60. The summed E-state index contributed by atoms with van der Waals surface area (Å²) in [6, 6.07) is 2.60. The molecule has 0 fully saturated rings. The van der Waals surface area contributed by atoms with Gasteiger partial charge in [0.25, 0.3) is 0 Å². The van der Waals surface area contributed by atoms with Gasteiger partial charge in [-0.3, -0.25) is 0 Å². The zero-order valence-corrected chi connectivity index (χ0v) is 9.37. The Bertz CT molecular complexity index is 363. The predicted octanol–water partition coefficient (Wildman–Crippen LogP) is 2.87. The van der Waals surface area contributed by atoms with E-state index >= 15 is 0 Å². The number of nitrogens with one attached hydrogen (secondary N) is 2. The van der Waals surface area contributed by atoms with Crippen LogP contribution in [0.5, 0.6) is 0 Å². The monoisotopic (exact) mass is 250 g/mol. The van der Waals surface area contributed by atoms with Crippen molar-refractivity contribution in [1.29, 1.82) is 0 Å². The molecule has 0 aliphatic rings. The van der Waals surface area contributed by atoms with E-state index in [-0.39, 0.29) is 5.69 Å². The number of hydrogen-bond acceptors (Lipinski definition) is 2. The first-order valence-corrected chi connectivity index (χ1v) is 5.26. The van der Waals surface area contributed by atoms with Gasteiger partial charge in [-0.05, 0) is 24.7 Å². The summed E-state index contributed by atoms with van der Waals surface area (Å²) in [7, 11) is 0. The smallest absolute Gasteiger partial charge is 0.383 e. The molecule has 2 nitrogen and oxygen atoms in total. The van der Waals surface area contributed by atoms with Crippen LogP contribution in [0, 0.1) is 5.82 Å². The molecular formula is C11H14F4N2. The lowest BCUT2D eigenvalue weighted by Gasteiger charge is -2.14. The van der Waals surface area contributed by atoms with E-state index in [1.807, 2.05) is 6.92 Å². The van der Waals surface area contributed by atoms with Gasteiger partial charge < -0.3 is 10.6 Å². The summed E-state index contributed by atoms with van der Waals surface area (Å²) in [6.45, 7) is 3.55. The maximum absolute atomic E-state index is 12.8. The molecule has 0 amide bonds. The van der Waals surface area contributed by atoms with Gasteiger partial charge in [-0.25, -0.2) is 4.39 Å². The minimum absolute atomic E-state index is 0.100. The number of anilines is 1.